The van der Waals surface area contributed by atoms with E-state index in [-0.39, 0.29) is 27.0 Å². The number of rotatable bonds is 5. The first-order valence-corrected chi connectivity index (χ1v) is 9.66. The molecule has 0 radical (unpaired) electrons. The normalized spacial score (nSPS) is 14.6. The zero-order valence-corrected chi connectivity index (χ0v) is 14.9. The highest BCUT2D eigenvalue weighted by molar-refractivity contribution is 7.90. The van der Waals surface area contributed by atoms with E-state index in [9.17, 15) is 13.2 Å². The Morgan fingerprint density at radius 2 is 2.00 bits per heavy atom. The quantitative estimate of drug-likeness (QED) is 0.751. The van der Waals surface area contributed by atoms with Crippen LogP contribution in [0.2, 0.25) is 5.02 Å². The van der Waals surface area contributed by atoms with Crippen molar-refractivity contribution < 1.29 is 17.7 Å². The Morgan fingerprint density at radius 1 is 1.33 bits per heavy atom. The van der Waals surface area contributed by atoms with Crippen LogP contribution in [0.25, 0.3) is 5.57 Å². The summed E-state index contributed by atoms with van der Waals surface area (Å²) in [5.74, 6) is 0.269. The fourth-order valence-corrected chi connectivity index (χ4v) is 4.31. The largest absolute Gasteiger partial charge is 0.360 e. The van der Waals surface area contributed by atoms with Crippen LogP contribution in [0.1, 0.15) is 52.9 Å². The molecule has 2 aromatic rings. The Balaban J connectivity index is 2.24. The van der Waals surface area contributed by atoms with Crippen LogP contribution >= 0.6 is 11.6 Å². The molecule has 1 fully saturated rings. The van der Waals surface area contributed by atoms with E-state index >= 15 is 0 Å². The van der Waals surface area contributed by atoms with Gasteiger partial charge in [0, 0.05) is 28.3 Å². The molecule has 0 spiro atoms. The third-order valence-corrected chi connectivity index (χ3v) is 5.42. The lowest BCUT2D eigenvalue weighted by Crippen LogP contribution is -2.13. The number of allylic oxidation sites excluding steroid dienone is 1. The van der Waals surface area contributed by atoms with Crippen molar-refractivity contribution in [2.24, 2.45) is 0 Å². The van der Waals surface area contributed by atoms with Crippen LogP contribution in [0.3, 0.4) is 0 Å². The monoisotopic (exact) mass is 365 g/mol. The van der Waals surface area contributed by atoms with Crippen molar-refractivity contribution in [1.82, 2.24) is 5.16 Å². The van der Waals surface area contributed by atoms with Gasteiger partial charge in [0.05, 0.1) is 16.7 Å². The molecule has 126 valence electrons. The zero-order valence-electron chi connectivity index (χ0n) is 13.3. The van der Waals surface area contributed by atoms with Gasteiger partial charge in [0.2, 0.25) is 0 Å². The third-order valence-electron chi connectivity index (χ3n) is 3.94. The number of aromatic nitrogens is 1. The lowest BCUT2D eigenvalue weighted by molar-refractivity contribution is 0.103. The number of hydrogen-bond donors (Lipinski definition) is 0. The molecule has 1 saturated carbocycles. The molecule has 1 aliphatic carbocycles. The highest BCUT2D eigenvalue weighted by Gasteiger charge is 2.34. The average Bonchev–Trinajstić information content (AvgIpc) is 3.22. The van der Waals surface area contributed by atoms with Crippen molar-refractivity contribution in [3.8, 4) is 0 Å². The summed E-state index contributed by atoms with van der Waals surface area (Å²) in [7, 11) is -3.70. The van der Waals surface area contributed by atoms with Crippen molar-refractivity contribution in [2.75, 3.05) is 6.26 Å². The van der Waals surface area contributed by atoms with Gasteiger partial charge < -0.3 is 4.52 Å². The maximum Gasteiger partial charge on any atom is 0.199 e. The van der Waals surface area contributed by atoms with Crippen molar-refractivity contribution in [1.29, 1.82) is 0 Å². The minimum absolute atomic E-state index is 0.0602. The third kappa shape index (κ3) is 2.91. The topological polar surface area (TPSA) is 77.2 Å². The number of sulfone groups is 1. The average molecular weight is 366 g/mol. The molecule has 0 bridgehead atoms. The molecule has 1 heterocycles. The van der Waals surface area contributed by atoms with E-state index in [1.165, 1.54) is 18.3 Å². The second-order valence-corrected chi connectivity index (χ2v) is 8.42. The summed E-state index contributed by atoms with van der Waals surface area (Å²) in [6.45, 7) is 5.44. The van der Waals surface area contributed by atoms with Gasteiger partial charge in [-0.05, 0) is 37.5 Å². The van der Waals surface area contributed by atoms with Gasteiger partial charge >= 0.3 is 0 Å². The van der Waals surface area contributed by atoms with Crippen LogP contribution in [0, 0.1) is 0 Å². The van der Waals surface area contributed by atoms with E-state index in [2.05, 4.69) is 11.7 Å². The maximum absolute atomic E-state index is 13.0. The number of nitrogens with zero attached hydrogens (tertiary/aromatic N) is 1. The van der Waals surface area contributed by atoms with Crippen molar-refractivity contribution in [3.05, 3.63) is 52.4 Å². The van der Waals surface area contributed by atoms with Gasteiger partial charge in [-0.1, -0.05) is 23.3 Å². The van der Waals surface area contributed by atoms with E-state index < -0.39 is 15.6 Å². The molecule has 0 N–H and O–H groups in total. The number of ketones is 1. The highest BCUT2D eigenvalue weighted by Crippen LogP contribution is 2.42. The SMILES string of the molecule is C=C(C)c1c(Cl)ccc(C(=O)c2cnoc2C2CC2)c1S(C)(=O)=O. The summed E-state index contributed by atoms with van der Waals surface area (Å²) in [5.41, 5.74) is 1.11. The molecule has 1 aromatic carbocycles. The molecule has 0 aliphatic heterocycles. The Kier molecular flexibility index (Phi) is 4.13. The van der Waals surface area contributed by atoms with Crippen molar-refractivity contribution in [3.63, 3.8) is 0 Å². The molecule has 1 aliphatic rings. The Hall–Kier alpha value is -1.92. The van der Waals surface area contributed by atoms with Gasteiger partial charge in [-0.25, -0.2) is 8.42 Å². The Morgan fingerprint density at radius 3 is 2.54 bits per heavy atom. The highest BCUT2D eigenvalue weighted by atomic mass is 35.5. The molecule has 24 heavy (non-hydrogen) atoms. The first kappa shape index (κ1) is 16.9. The van der Waals surface area contributed by atoms with E-state index in [4.69, 9.17) is 16.1 Å². The lowest BCUT2D eigenvalue weighted by atomic mass is 9.98. The Bertz CT molecular complexity index is 955. The van der Waals surface area contributed by atoms with Crippen LogP contribution in [-0.2, 0) is 9.84 Å². The first-order chi connectivity index (χ1) is 11.2. The van der Waals surface area contributed by atoms with Crippen LogP contribution in [-0.4, -0.2) is 25.6 Å². The fraction of sp³-hybridized carbons (Fsp3) is 0.294. The molecule has 0 amide bonds. The van der Waals surface area contributed by atoms with Crippen LogP contribution in [0.4, 0.5) is 0 Å². The van der Waals surface area contributed by atoms with Gasteiger partial charge in [0.25, 0.3) is 0 Å². The van der Waals surface area contributed by atoms with E-state index in [0.717, 1.165) is 19.1 Å². The molecule has 0 atom stereocenters. The number of halogens is 1. The fourth-order valence-electron chi connectivity index (χ4n) is 2.72. The van der Waals surface area contributed by atoms with Crippen LogP contribution < -0.4 is 0 Å². The standard InChI is InChI=1S/C17H16ClNO4S/c1-9(2)14-13(18)7-6-11(17(14)24(3,21)22)15(20)12-8-19-23-16(12)10-4-5-10/h6-8,10H,1,4-5H2,2-3H3. The summed E-state index contributed by atoms with van der Waals surface area (Å²) in [6, 6.07) is 2.94. The van der Waals surface area contributed by atoms with Gasteiger partial charge in [-0.2, -0.15) is 0 Å². The number of carbonyl (C=O) groups is 1. The Labute approximate surface area is 145 Å². The minimum atomic E-state index is -3.70. The molecular weight excluding hydrogens is 350 g/mol. The second kappa shape index (κ2) is 5.86. The summed E-state index contributed by atoms with van der Waals surface area (Å²) < 4.78 is 29.9. The van der Waals surface area contributed by atoms with Gasteiger partial charge in [-0.15, -0.1) is 0 Å². The van der Waals surface area contributed by atoms with Crippen molar-refractivity contribution in [2.45, 2.75) is 30.6 Å². The molecular formula is C17H16ClNO4S. The van der Waals surface area contributed by atoms with Gasteiger partial charge in [0.1, 0.15) is 0 Å². The minimum Gasteiger partial charge on any atom is -0.360 e. The van der Waals surface area contributed by atoms with Crippen LogP contribution in [0.5, 0.6) is 0 Å². The number of hydrogen-bond acceptors (Lipinski definition) is 5. The summed E-state index contributed by atoms with van der Waals surface area (Å²) in [6.07, 6.45) is 4.27. The van der Waals surface area contributed by atoms with Crippen molar-refractivity contribution >= 4 is 32.8 Å². The molecule has 0 saturated heterocycles. The van der Waals surface area contributed by atoms with Gasteiger partial charge in [0.15, 0.2) is 21.4 Å². The molecule has 5 nitrogen and oxygen atoms in total. The summed E-state index contributed by atoms with van der Waals surface area (Å²) >= 11 is 6.16. The predicted octanol–water partition coefficient (Wildman–Crippen LogP) is 3.87. The molecule has 7 heteroatoms. The first-order valence-electron chi connectivity index (χ1n) is 7.39. The predicted molar refractivity (Wildman–Crippen MR) is 91.2 cm³/mol. The summed E-state index contributed by atoms with van der Waals surface area (Å²) in [5, 5.41) is 3.95. The number of carbonyl (C=O) groups excluding carboxylic acids is 1. The maximum atomic E-state index is 13.0. The smallest absolute Gasteiger partial charge is 0.199 e. The van der Waals surface area contributed by atoms with Gasteiger partial charge in [-0.3, -0.25) is 4.79 Å². The van der Waals surface area contributed by atoms with E-state index in [1.807, 2.05) is 0 Å². The molecule has 3 rings (SSSR count). The van der Waals surface area contributed by atoms with E-state index in [0.29, 0.717) is 16.9 Å². The number of benzene rings is 1. The zero-order chi connectivity index (χ0) is 17.6. The summed E-state index contributed by atoms with van der Waals surface area (Å²) in [4.78, 5) is 12.9. The molecule has 0 unspecified atom stereocenters. The van der Waals surface area contributed by atoms with E-state index in [1.54, 1.807) is 6.92 Å². The molecule has 1 aromatic heterocycles. The second-order valence-electron chi connectivity index (χ2n) is 6.06. The van der Waals surface area contributed by atoms with Crippen LogP contribution in [0.15, 0.2) is 34.3 Å². The lowest BCUT2D eigenvalue weighted by Gasteiger charge is -2.14.